The van der Waals surface area contributed by atoms with Crippen LogP contribution in [-0.2, 0) is 11.2 Å². The Morgan fingerprint density at radius 1 is 1.35 bits per heavy atom. The molecule has 0 unspecified atom stereocenters. The minimum absolute atomic E-state index is 0.132. The number of fused-ring (bicyclic) bond motifs is 2. The summed E-state index contributed by atoms with van der Waals surface area (Å²) >= 11 is 0. The van der Waals surface area contributed by atoms with Crippen LogP contribution in [0.5, 0.6) is 0 Å². The average Bonchev–Trinajstić information content (AvgIpc) is 3.19. The second-order valence-electron chi connectivity index (χ2n) is 6.01. The van der Waals surface area contributed by atoms with E-state index in [1.807, 2.05) is 13.8 Å². The van der Waals surface area contributed by atoms with Crippen molar-refractivity contribution in [3.8, 4) is 0 Å². The zero-order valence-electron chi connectivity index (χ0n) is 14.2. The Balaban J connectivity index is 1.49. The molecule has 0 aliphatic carbocycles. The summed E-state index contributed by atoms with van der Waals surface area (Å²) in [5.74, 6) is -0.103. The predicted molar refractivity (Wildman–Crippen MR) is 94.0 cm³/mol. The molecule has 4 rings (SSSR count). The van der Waals surface area contributed by atoms with Crippen LogP contribution in [0.3, 0.4) is 0 Å². The van der Waals surface area contributed by atoms with E-state index >= 15 is 0 Å². The number of aromatic amines is 1. The summed E-state index contributed by atoms with van der Waals surface area (Å²) < 4.78 is 6.61. The lowest BCUT2D eigenvalue weighted by Crippen LogP contribution is -2.14. The maximum Gasteiger partial charge on any atom is 0.417 e. The first kappa shape index (κ1) is 16.0. The lowest BCUT2D eigenvalue weighted by molar-refractivity contribution is -0.116. The van der Waals surface area contributed by atoms with Gasteiger partial charge in [-0.3, -0.25) is 9.78 Å². The van der Waals surface area contributed by atoms with Crippen LogP contribution in [0.2, 0.25) is 0 Å². The Morgan fingerprint density at radius 2 is 2.19 bits per heavy atom. The highest BCUT2D eigenvalue weighted by atomic mass is 16.4. The van der Waals surface area contributed by atoms with Crippen molar-refractivity contribution in [2.45, 2.75) is 26.7 Å². The number of oxazole rings is 1. The van der Waals surface area contributed by atoms with Gasteiger partial charge in [-0.1, -0.05) is 0 Å². The molecule has 0 atom stereocenters. The minimum Gasteiger partial charge on any atom is -0.408 e. The first-order valence-electron chi connectivity index (χ1n) is 8.10. The second kappa shape index (κ2) is 6.10. The van der Waals surface area contributed by atoms with Crippen molar-refractivity contribution < 1.29 is 9.21 Å². The smallest absolute Gasteiger partial charge is 0.408 e. The summed E-state index contributed by atoms with van der Waals surface area (Å²) in [7, 11) is 0. The Morgan fingerprint density at radius 3 is 3.04 bits per heavy atom. The molecular weight excluding hydrogens is 336 g/mol. The molecule has 1 amide bonds. The van der Waals surface area contributed by atoms with Gasteiger partial charge in [-0.2, -0.15) is 10.1 Å². The molecule has 0 fully saturated rings. The number of amides is 1. The number of carbonyl (C=O) groups is 1. The molecule has 26 heavy (non-hydrogen) atoms. The van der Waals surface area contributed by atoms with Crippen molar-refractivity contribution in [3.05, 3.63) is 52.0 Å². The van der Waals surface area contributed by atoms with Gasteiger partial charge in [-0.05, 0) is 44.0 Å². The van der Waals surface area contributed by atoms with Crippen LogP contribution in [0.4, 0.5) is 5.69 Å². The zero-order chi connectivity index (χ0) is 18.3. The normalized spacial score (nSPS) is 11.3. The minimum atomic E-state index is -0.523. The quantitative estimate of drug-likeness (QED) is 0.578. The van der Waals surface area contributed by atoms with E-state index in [0.29, 0.717) is 35.4 Å². The van der Waals surface area contributed by atoms with E-state index in [0.717, 1.165) is 17.0 Å². The molecule has 0 radical (unpaired) electrons. The molecule has 0 saturated carbocycles. The third-order valence-corrected chi connectivity index (χ3v) is 4.29. The molecule has 4 aromatic rings. The van der Waals surface area contributed by atoms with Crippen LogP contribution in [0, 0.1) is 13.8 Å². The first-order chi connectivity index (χ1) is 12.5. The molecule has 2 N–H and O–H groups in total. The van der Waals surface area contributed by atoms with Crippen molar-refractivity contribution in [1.29, 1.82) is 0 Å². The van der Waals surface area contributed by atoms with Crippen molar-refractivity contribution in [2.24, 2.45) is 0 Å². The maximum atomic E-state index is 12.3. The van der Waals surface area contributed by atoms with E-state index in [-0.39, 0.29) is 5.91 Å². The number of aromatic nitrogens is 5. The molecule has 0 saturated heterocycles. The average molecular weight is 352 g/mol. The fourth-order valence-corrected chi connectivity index (χ4v) is 3.01. The Bertz CT molecular complexity index is 1190. The number of H-pyrrole nitrogens is 1. The van der Waals surface area contributed by atoms with E-state index in [4.69, 9.17) is 4.42 Å². The third-order valence-electron chi connectivity index (χ3n) is 4.29. The van der Waals surface area contributed by atoms with Crippen molar-refractivity contribution in [2.75, 3.05) is 5.32 Å². The van der Waals surface area contributed by atoms with Gasteiger partial charge in [0.25, 0.3) is 5.78 Å². The largest absolute Gasteiger partial charge is 0.417 e. The van der Waals surface area contributed by atoms with Crippen LogP contribution in [0.25, 0.3) is 16.9 Å². The summed E-state index contributed by atoms with van der Waals surface area (Å²) in [6.07, 6.45) is 2.29. The topological polar surface area (TPSA) is 118 Å². The number of hydrogen-bond acceptors (Lipinski definition) is 6. The number of nitrogens with zero attached hydrogens (tertiary/aromatic N) is 4. The van der Waals surface area contributed by atoms with Gasteiger partial charge < -0.3 is 9.73 Å². The van der Waals surface area contributed by atoms with Crippen LogP contribution in [0.1, 0.15) is 23.4 Å². The lowest BCUT2D eigenvalue weighted by Gasteiger charge is -2.10. The highest BCUT2D eigenvalue weighted by molar-refractivity contribution is 5.92. The molecule has 3 heterocycles. The number of carbonyl (C=O) groups excluding carboxylic acids is 1. The van der Waals surface area contributed by atoms with Crippen LogP contribution >= 0.6 is 0 Å². The summed E-state index contributed by atoms with van der Waals surface area (Å²) in [4.78, 5) is 34.6. The molecular formula is C17H16N6O3. The fraction of sp³-hybridized carbons (Fsp3) is 0.235. The Kier molecular flexibility index (Phi) is 3.76. The van der Waals surface area contributed by atoms with Crippen molar-refractivity contribution >= 4 is 28.5 Å². The molecule has 9 heteroatoms. The monoisotopic (exact) mass is 352 g/mol. The standard InChI is InChI=1S/C17H16N6O3/c1-9-12(10(2)23-16(20-9)18-8-19-23)4-6-15(24)21-11-3-5-14-13(7-11)22-17(25)26-14/h3,5,7-8H,4,6H2,1-2H3,(H,21,24)(H,22,25). The molecule has 0 aliphatic rings. The molecule has 9 nitrogen and oxygen atoms in total. The summed E-state index contributed by atoms with van der Waals surface area (Å²) in [5, 5.41) is 6.98. The van der Waals surface area contributed by atoms with Gasteiger partial charge in [0.15, 0.2) is 5.58 Å². The molecule has 132 valence electrons. The van der Waals surface area contributed by atoms with E-state index in [9.17, 15) is 9.59 Å². The van der Waals surface area contributed by atoms with Crippen LogP contribution in [0.15, 0.2) is 33.7 Å². The van der Waals surface area contributed by atoms with Gasteiger partial charge in [0.05, 0.1) is 5.52 Å². The number of benzene rings is 1. The summed E-state index contributed by atoms with van der Waals surface area (Å²) in [6.45, 7) is 3.84. The van der Waals surface area contributed by atoms with E-state index in [1.165, 1.54) is 6.33 Å². The molecule has 1 aromatic carbocycles. The van der Waals surface area contributed by atoms with Gasteiger partial charge in [0.1, 0.15) is 6.33 Å². The summed E-state index contributed by atoms with van der Waals surface area (Å²) in [5.41, 5.74) is 4.33. The van der Waals surface area contributed by atoms with Gasteiger partial charge in [0, 0.05) is 23.5 Å². The number of anilines is 1. The molecule has 0 spiro atoms. The molecule has 0 bridgehead atoms. The zero-order valence-corrected chi connectivity index (χ0v) is 14.2. The predicted octanol–water partition coefficient (Wildman–Crippen LogP) is 1.75. The Labute approximate surface area is 147 Å². The van der Waals surface area contributed by atoms with E-state index < -0.39 is 5.76 Å². The van der Waals surface area contributed by atoms with Crippen LogP contribution in [-0.4, -0.2) is 30.5 Å². The highest BCUT2D eigenvalue weighted by Gasteiger charge is 2.13. The first-order valence-corrected chi connectivity index (χ1v) is 8.10. The highest BCUT2D eigenvalue weighted by Crippen LogP contribution is 2.18. The van der Waals surface area contributed by atoms with Crippen molar-refractivity contribution in [3.63, 3.8) is 0 Å². The number of hydrogen-bond donors (Lipinski definition) is 2. The Hall–Kier alpha value is -3.49. The SMILES string of the molecule is Cc1nc2ncnn2c(C)c1CCC(=O)Nc1ccc2oc(=O)[nH]c2c1. The molecule has 0 aliphatic heterocycles. The third kappa shape index (κ3) is 2.83. The van der Waals surface area contributed by atoms with Gasteiger partial charge in [-0.25, -0.2) is 14.3 Å². The molecule has 3 aromatic heterocycles. The van der Waals surface area contributed by atoms with Gasteiger partial charge in [-0.15, -0.1) is 0 Å². The maximum absolute atomic E-state index is 12.3. The number of rotatable bonds is 4. The van der Waals surface area contributed by atoms with E-state index in [1.54, 1.807) is 22.7 Å². The van der Waals surface area contributed by atoms with Crippen LogP contribution < -0.4 is 11.1 Å². The fourth-order valence-electron chi connectivity index (χ4n) is 3.01. The van der Waals surface area contributed by atoms with E-state index in [2.05, 4.69) is 25.4 Å². The van der Waals surface area contributed by atoms with Crippen molar-refractivity contribution in [1.82, 2.24) is 24.6 Å². The number of aryl methyl sites for hydroxylation is 2. The van der Waals surface area contributed by atoms with Gasteiger partial charge in [0.2, 0.25) is 5.91 Å². The van der Waals surface area contributed by atoms with Gasteiger partial charge >= 0.3 is 5.76 Å². The summed E-state index contributed by atoms with van der Waals surface area (Å²) in [6, 6.07) is 4.99. The number of nitrogens with one attached hydrogen (secondary N) is 2. The second-order valence-corrected chi connectivity index (χ2v) is 6.01. The lowest BCUT2D eigenvalue weighted by atomic mass is 10.1.